The van der Waals surface area contributed by atoms with Gasteiger partial charge in [0.1, 0.15) is 5.31 Å². The number of ketones is 1. The number of Topliss-reactive ketones (excluding diaryl/α,β-unsaturated/α-hetero) is 1. The van der Waals surface area contributed by atoms with Gasteiger partial charge in [-0.15, -0.1) is 0 Å². The highest BCUT2D eigenvalue weighted by Gasteiger charge is 2.32. The van der Waals surface area contributed by atoms with Gasteiger partial charge in [0.05, 0.1) is 18.1 Å². The van der Waals surface area contributed by atoms with Crippen molar-refractivity contribution in [2.45, 2.75) is 20.8 Å². The van der Waals surface area contributed by atoms with Crippen LogP contribution in [0.3, 0.4) is 0 Å². The number of hydrogen-bond acceptors (Lipinski definition) is 6. The third-order valence-electron chi connectivity index (χ3n) is 2.64. The molecule has 0 saturated heterocycles. The minimum atomic E-state index is -3.75. The molecule has 7 nitrogen and oxygen atoms in total. The van der Waals surface area contributed by atoms with Gasteiger partial charge in [-0.25, -0.2) is 0 Å². The first-order chi connectivity index (χ1) is 10.3. The fraction of sp³-hybridized carbons (Fsp3) is 0.357. The van der Waals surface area contributed by atoms with E-state index >= 15 is 0 Å². The van der Waals surface area contributed by atoms with Crippen molar-refractivity contribution in [3.05, 3.63) is 45.3 Å². The van der Waals surface area contributed by atoms with Crippen LogP contribution in [0.25, 0.3) is 6.08 Å². The lowest BCUT2D eigenvalue weighted by molar-refractivity contribution is -0.384. The molecule has 0 N–H and O–H groups in total. The van der Waals surface area contributed by atoms with E-state index in [9.17, 15) is 19.5 Å². The lowest BCUT2D eigenvalue weighted by Gasteiger charge is -2.18. The van der Waals surface area contributed by atoms with E-state index in [0.717, 1.165) is 0 Å². The Bertz CT molecular complexity index is 630. The van der Waals surface area contributed by atoms with Gasteiger partial charge < -0.3 is 9.05 Å². The molecule has 0 aliphatic carbocycles. The van der Waals surface area contributed by atoms with Gasteiger partial charge in [0, 0.05) is 12.1 Å². The number of nitro groups is 1. The standard InChI is InChI=1S/C14H18NO6P/c1-4-20-22(19,21-5-2)14(11(3)16)10-12-7-6-8-13(9-12)15(17)18/h6-10H,4-5H2,1-3H3. The molecule has 0 aliphatic rings. The maximum atomic E-state index is 12.7. The van der Waals surface area contributed by atoms with Gasteiger partial charge in [-0.2, -0.15) is 0 Å². The molecule has 0 unspecified atom stereocenters. The predicted octanol–water partition coefficient (Wildman–Crippen LogP) is 3.79. The zero-order chi connectivity index (χ0) is 16.8. The highest BCUT2D eigenvalue weighted by molar-refractivity contribution is 7.60. The fourth-order valence-corrected chi connectivity index (χ4v) is 3.50. The van der Waals surface area contributed by atoms with Crippen LogP contribution in [0.5, 0.6) is 0 Å². The molecule has 0 fully saturated rings. The fourth-order valence-electron chi connectivity index (χ4n) is 1.78. The van der Waals surface area contributed by atoms with Crippen LogP contribution in [-0.2, 0) is 18.4 Å². The quantitative estimate of drug-likeness (QED) is 0.312. The highest BCUT2D eigenvalue weighted by atomic mass is 31.2. The molecule has 8 heteroatoms. The van der Waals surface area contributed by atoms with E-state index in [4.69, 9.17) is 9.05 Å². The number of carbonyl (C=O) groups is 1. The van der Waals surface area contributed by atoms with Gasteiger partial charge in [0.15, 0.2) is 5.78 Å². The maximum absolute atomic E-state index is 12.7. The Morgan fingerprint density at radius 1 is 1.32 bits per heavy atom. The van der Waals surface area contributed by atoms with Crippen LogP contribution in [0, 0.1) is 10.1 Å². The number of nitrogens with zero attached hydrogens (tertiary/aromatic N) is 1. The van der Waals surface area contributed by atoms with E-state index < -0.39 is 18.3 Å². The van der Waals surface area contributed by atoms with Crippen molar-refractivity contribution in [3.63, 3.8) is 0 Å². The summed E-state index contributed by atoms with van der Waals surface area (Å²) < 4.78 is 23.0. The van der Waals surface area contributed by atoms with Crippen LogP contribution in [0.1, 0.15) is 26.3 Å². The lowest BCUT2D eigenvalue weighted by Crippen LogP contribution is -2.05. The Labute approximate surface area is 128 Å². The van der Waals surface area contributed by atoms with Crippen molar-refractivity contribution in [1.29, 1.82) is 0 Å². The second-order valence-electron chi connectivity index (χ2n) is 4.27. The molecule has 0 spiro atoms. The van der Waals surface area contributed by atoms with Gasteiger partial charge >= 0.3 is 7.60 Å². The summed E-state index contributed by atoms with van der Waals surface area (Å²) in [5, 5.41) is 10.7. The molecule has 1 rings (SSSR count). The summed E-state index contributed by atoms with van der Waals surface area (Å²) in [4.78, 5) is 22.1. The zero-order valence-electron chi connectivity index (χ0n) is 12.6. The molecular formula is C14H18NO6P. The molecule has 0 aliphatic heterocycles. The van der Waals surface area contributed by atoms with Gasteiger partial charge in [0.25, 0.3) is 5.69 Å². The number of nitro benzene ring substituents is 1. The molecule has 1 aromatic carbocycles. The summed E-state index contributed by atoms with van der Waals surface area (Å²) >= 11 is 0. The molecular weight excluding hydrogens is 309 g/mol. The number of rotatable bonds is 8. The van der Waals surface area contributed by atoms with E-state index in [1.54, 1.807) is 19.9 Å². The normalized spacial score (nSPS) is 12.2. The lowest BCUT2D eigenvalue weighted by atomic mass is 10.2. The van der Waals surface area contributed by atoms with Crippen molar-refractivity contribution in [1.82, 2.24) is 0 Å². The van der Waals surface area contributed by atoms with Crippen LogP contribution in [-0.4, -0.2) is 23.9 Å². The summed E-state index contributed by atoms with van der Waals surface area (Å²) in [5.74, 6) is -0.475. The number of non-ortho nitro benzene ring substituents is 1. The first-order valence-electron chi connectivity index (χ1n) is 6.70. The smallest absolute Gasteiger partial charge is 0.305 e. The number of benzene rings is 1. The predicted molar refractivity (Wildman–Crippen MR) is 82.6 cm³/mol. The molecule has 0 radical (unpaired) electrons. The van der Waals surface area contributed by atoms with Crippen LogP contribution in [0.15, 0.2) is 29.6 Å². The van der Waals surface area contributed by atoms with Crippen molar-refractivity contribution < 1.29 is 23.3 Å². The van der Waals surface area contributed by atoms with Crippen LogP contribution in [0.2, 0.25) is 0 Å². The third-order valence-corrected chi connectivity index (χ3v) is 4.87. The Morgan fingerprint density at radius 2 is 1.91 bits per heavy atom. The Morgan fingerprint density at radius 3 is 2.36 bits per heavy atom. The van der Waals surface area contributed by atoms with Crippen LogP contribution in [0.4, 0.5) is 5.69 Å². The SMILES string of the molecule is CCOP(=O)(OCC)C(=Cc1cccc([N+](=O)[O-])c1)C(C)=O. The van der Waals surface area contributed by atoms with Crippen LogP contribution >= 0.6 is 7.60 Å². The highest BCUT2D eigenvalue weighted by Crippen LogP contribution is 2.56. The molecule has 22 heavy (non-hydrogen) atoms. The van der Waals surface area contributed by atoms with E-state index in [0.29, 0.717) is 5.56 Å². The van der Waals surface area contributed by atoms with Crippen molar-refractivity contribution in [3.8, 4) is 0 Å². The largest absolute Gasteiger partial charge is 0.364 e. The van der Waals surface area contributed by atoms with Gasteiger partial charge in [-0.1, -0.05) is 12.1 Å². The van der Waals surface area contributed by atoms with Gasteiger partial charge in [-0.3, -0.25) is 19.5 Å². The minimum Gasteiger partial charge on any atom is -0.305 e. The van der Waals surface area contributed by atoms with E-state index in [2.05, 4.69) is 0 Å². The molecule has 120 valence electrons. The van der Waals surface area contributed by atoms with E-state index in [-0.39, 0.29) is 24.2 Å². The van der Waals surface area contributed by atoms with Crippen molar-refractivity contribution in [2.75, 3.05) is 13.2 Å². The van der Waals surface area contributed by atoms with Crippen molar-refractivity contribution in [2.24, 2.45) is 0 Å². The van der Waals surface area contributed by atoms with Gasteiger partial charge in [0.2, 0.25) is 0 Å². The molecule has 0 heterocycles. The molecule has 0 aromatic heterocycles. The minimum absolute atomic E-state index is 0.108. The first-order valence-corrected chi connectivity index (χ1v) is 8.25. The number of carbonyl (C=O) groups excluding carboxylic acids is 1. The third kappa shape index (κ3) is 4.59. The number of allylic oxidation sites excluding steroid dienone is 1. The average molecular weight is 327 g/mol. The Kier molecular flexibility index (Phi) is 6.61. The van der Waals surface area contributed by atoms with Gasteiger partial charge in [-0.05, 0) is 32.4 Å². The summed E-state index contributed by atoms with van der Waals surface area (Å²) in [5.41, 5.74) is 0.248. The summed E-state index contributed by atoms with van der Waals surface area (Å²) in [6, 6.07) is 5.66. The van der Waals surface area contributed by atoms with Crippen molar-refractivity contribution >= 4 is 25.1 Å². The average Bonchev–Trinajstić information content (AvgIpc) is 2.45. The summed E-state index contributed by atoms with van der Waals surface area (Å²) in [6.45, 7) is 4.73. The number of hydrogen-bond donors (Lipinski definition) is 0. The van der Waals surface area contributed by atoms with E-state index in [1.807, 2.05) is 0 Å². The monoisotopic (exact) mass is 327 g/mol. The molecule has 0 saturated carbocycles. The Hall–Kier alpha value is -1.82. The van der Waals surface area contributed by atoms with E-state index in [1.165, 1.54) is 31.2 Å². The van der Waals surface area contributed by atoms with Crippen LogP contribution < -0.4 is 0 Å². The second-order valence-corrected chi connectivity index (χ2v) is 6.26. The summed E-state index contributed by atoms with van der Waals surface area (Å²) in [6.07, 6.45) is 1.31. The topological polar surface area (TPSA) is 95.7 Å². The Balaban J connectivity index is 3.35. The molecule has 0 bridgehead atoms. The maximum Gasteiger partial charge on any atom is 0.364 e. The molecule has 1 aromatic rings. The second kappa shape index (κ2) is 7.98. The molecule has 0 atom stereocenters. The summed E-state index contributed by atoms with van der Waals surface area (Å²) in [7, 11) is -3.75. The first kappa shape index (κ1) is 18.2. The molecule has 0 amide bonds. The zero-order valence-corrected chi connectivity index (χ0v) is 13.5.